The molecule has 1 heteroatoms. The monoisotopic (exact) mass is 265 g/mol. The first-order chi connectivity index (χ1) is 9.75. The zero-order valence-corrected chi connectivity index (χ0v) is 12.3. The maximum Gasteiger partial charge on any atom is 0.0328 e. The lowest BCUT2D eigenvalue weighted by Gasteiger charge is -2.32. The van der Waals surface area contributed by atoms with E-state index in [9.17, 15) is 0 Å². The molecule has 0 bridgehead atoms. The fourth-order valence-corrected chi connectivity index (χ4v) is 3.32. The van der Waals surface area contributed by atoms with Gasteiger partial charge in [0.2, 0.25) is 0 Å². The van der Waals surface area contributed by atoms with Crippen LogP contribution in [0.3, 0.4) is 0 Å². The highest BCUT2D eigenvalue weighted by molar-refractivity contribution is 5.35. The molecule has 1 N–H and O–H groups in total. The van der Waals surface area contributed by atoms with E-state index in [0.717, 1.165) is 0 Å². The van der Waals surface area contributed by atoms with Crippen molar-refractivity contribution in [2.24, 2.45) is 0 Å². The summed E-state index contributed by atoms with van der Waals surface area (Å²) in [4.78, 5) is 0. The first-order valence-corrected chi connectivity index (χ1v) is 7.65. The van der Waals surface area contributed by atoms with Crippen LogP contribution in [0, 0.1) is 0 Å². The molecule has 1 aliphatic rings. The largest absolute Gasteiger partial charge is 0.303 e. The second-order valence-electron chi connectivity index (χ2n) is 5.96. The van der Waals surface area contributed by atoms with Gasteiger partial charge in [-0.15, -0.1) is 0 Å². The van der Waals surface area contributed by atoms with Crippen LogP contribution in [0.5, 0.6) is 0 Å². The summed E-state index contributed by atoms with van der Waals surface area (Å²) in [6.45, 7) is 4.60. The van der Waals surface area contributed by atoms with E-state index in [2.05, 4.69) is 73.8 Å². The maximum atomic E-state index is 3.81. The summed E-state index contributed by atoms with van der Waals surface area (Å²) in [5.74, 6) is 0.691. The van der Waals surface area contributed by atoms with Gasteiger partial charge in [-0.3, -0.25) is 0 Å². The Morgan fingerprint density at radius 2 is 1.55 bits per heavy atom. The van der Waals surface area contributed by atoms with Gasteiger partial charge in [0, 0.05) is 12.1 Å². The van der Waals surface area contributed by atoms with Gasteiger partial charge in [0.15, 0.2) is 0 Å². The average molecular weight is 265 g/mol. The van der Waals surface area contributed by atoms with Crippen LogP contribution in [0.15, 0.2) is 54.6 Å². The van der Waals surface area contributed by atoms with E-state index in [1.54, 1.807) is 0 Å². The van der Waals surface area contributed by atoms with Crippen LogP contribution in [-0.2, 0) is 0 Å². The molecule has 0 saturated heterocycles. The van der Waals surface area contributed by atoms with E-state index in [4.69, 9.17) is 0 Å². The first-order valence-electron chi connectivity index (χ1n) is 7.65. The van der Waals surface area contributed by atoms with Crippen molar-refractivity contribution in [3.05, 3.63) is 71.3 Å². The molecule has 0 amide bonds. The third-order valence-electron chi connectivity index (χ3n) is 4.54. The molecular weight excluding hydrogens is 242 g/mol. The van der Waals surface area contributed by atoms with Crippen molar-refractivity contribution in [3.63, 3.8) is 0 Å². The maximum absolute atomic E-state index is 3.81. The molecule has 3 atom stereocenters. The summed E-state index contributed by atoms with van der Waals surface area (Å²) in [5, 5.41) is 3.81. The summed E-state index contributed by atoms with van der Waals surface area (Å²) in [5.41, 5.74) is 4.38. The second kappa shape index (κ2) is 5.80. The minimum absolute atomic E-state index is 0.391. The lowest BCUT2D eigenvalue weighted by Crippen LogP contribution is -2.28. The van der Waals surface area contributed by atoms with E-state index in [0.29, 0.717) is 18.0 Å². The molecule has 0 saturated carbocycles. The number of nitrogens with one attached hydrogen (secondary N) is 1. The average Bonchev–Trinajstić information content (AvgIpc) is 2.51. The lowest BCUT2D eigenvalue weighted by molar-refractivity contribution is 0.396. The Morgan fingerprint density at radius 1 is 0.900 bits per heavy atom. The number of hydrogen-bond acceptors (Lipinski definition) is 1. The SMILES string of the molecule is CC1CCC(N[C@@H](C)c2ccccc2)c2ccccc21. The van der Waals surface area contributed by atoms with Crippen LogP contribution < -0.4 is 5.32 Å². The molecule has 0 aromatic heterocycles. The Labute approximate surface area is 122 Å². The molecule has 0 spiro atoms. The highest BCUT2D eigenvalue weighted by Crippen LogP contribution is 2.38. The molecule has 20 heavy (non-hydrogen) atoms. The van der Waals surface area contributed by atoms with Crippen LogP contribution in [0.4, 0.5) is 0 Å². The van der Waals surface area contributed by atoms with E-state index in [1.165, 1.54) is 29.5 Å². The highest BCUT2D eigenvalue weighted by Gasteiger charge is 2.25. The topological polar surface area (TPSA) is 12.0 Å². The molecule has 0 heterocycles. The normalized spacial score (nSPS) is 23.1. The van der Waals surface area contributed by atoms with Gasteiger partial charge in [-0.1, -0.05) is 61.5 Å². The molecule has 1 nitrogen and oxygen atoms in total. The summed E-state index contributed by atoms with van der Waals surface area (Å²) in [6.07, 6.45) is 2.51. The Morgan fingerprint density at radius 3 is 2.30 bits per heavy atom. The Balaban J connectivity index is 1.81. The summed E-state index contributed by atoms with van der Waals surface area (Å²) >= 11 is 0. The van der Waals surface area contributed by atoms with Crippen LogP contribution in [-0.4, -0.2) is 0 Å². The summed E-state index contributed by atoms with van der Waals surface area (Å²) in [6, 6.07) is 20.5. The predicted molar refractivity (Wildman–Crippen MR) is 84.8 cm³/mol. The number of benzene rings is 2. The number of rotatable bonds is 3. The third-order valence-corrected chi connectivity index (χ3v) is 4.54. The van der Waals surface area contributed by atoms with Crippen molar-refractivity contribution in [1.29, 1.82) is 0 Å². The standard InChI is InChI=1S/C19H23N/c1-14-12-13-19(18-11-7-6-10-17(14)18)20-15(2)16-8-4-3-5-9-16/h3-11,14-15,19-20H,12-13H2,1-2H3/t14?,15-,19?/m0/s1. The van der Waals surface area contributed by atoms with Gasteiger partial charge in [-0.25, -0.2) is 0 Å². The Bertz CT molecular complexity index is 561. The van der Waals surface area contributed by atoms with Crippen molar-refractivity contribution in [3.8, 4) is 0 Å². The summed E-state index contributed by atoms with van der Waals surface area (Å²) in [7, 11) is 0. The van der Waals surface area contributed by atoms with Gasteiger partial charge in [-0.05, 0) is 42.4 Å². The van der Waals surface area contributed by atoms with Crippen LogP contribution in [0.2, 0.25) is 0 Å². The van der Waals surface area contributed by atoms with Crippen LogP contribution >= 0.6 is 0 Å². The van der Waals surface area contributed by atoms with Crippen molar-refractivity contribution in [2.45, 2.75) is 44.7 Å². The molecule has 0 fully saturated rings. The second-order valence-corrected chi connectivity index (χ2v) is 5.96. The Hall–Kier alpha value is -1.60. The molecule has 2 aromatic carbocycles. The van der Waals surface area contributed by atoms with Gasteiger partial charge in [0.25, 0.3) is 0 Å². The van der Waals surface area contributed by atoms with Crippen molar-refractivity contribution in [2.75, 3.05) is 0 Å². The number of hydrogen-bond donors (Lipinski definition) is 1. The smallest absolute Gasteiger partial charge is 0.0328 e. The van der Waals surface area contributed by atoms with E-state index < -0.39 is 0 Å². The fraction of sp³-hybridized carbons (Fsp3) is 0.368. The van der Waals surface area contributed by atoms with Crippen molar-refractivity contribution in [1.82, 2.24) is 5.32 Å². The molecule has 104 valence electrons. The molecule has 3 rings (SSSR count). The third kappa shape index (κ3) is 2.64. The summed E-state index contributed by atoms with van der Waals surface area (Å²) < 4.78 is 0. The van der Waals surface area contributed by atoms with Gasteiger partial charge in [0.1, 0.15) is 0 Å². The Kier molecular flexibility index (Phi) is 3.88. The highest BCUT2D eigenvalue weighted by atomic mass is 14.9. The van der Waals surface area contributed by atoms with Crippen molar-refractivity contribution >= 4 is 0 Å². The number of fused-ring (bicyclic) bond motifs is 1. The quantitative estimate of drug-likeness (QED) is 0.825. The van der Waals surface area contributed by atoms with Crippen LogP contribution in [0.1, 0.15) is 61.4 Å². The van der Waals surface area contributed by atoms with E-state index in [-0.39, 0.29) is 0 Å². The van der Waals surface area contributed by atoms with E-state index in [1.807, 2.05) is 0 Å². The lowest BCUT2D eigenvalue weighted by atomic mass is 9.81. The van der Waals surface area contributed by atoms with E-state index >= 15 is 0 Å². The minimum atomic E-state index is 0.391. The van der Waals surface area contributed by atoms with Gasteiger partial charge >= 0.3 is 0 Å². The zero-order valence-electron chi connectivity index (χ0n) is 12.3. The van der Waals surface area contributed by atoms with Gasteiger partial charge < -0.3 is 5.32 Å². The molecule has 1 aliphatic carbocycles. The first kappa shape index (κ1) is 13.4. The molecular formula is C19H23N. The van der Waals surface area contributed by atoms with Crippen LogP contribution in [0.25, 0.3) is 0 Å². The zero-order chi connectivity index (χ0) is 13.9. The fourth-order valence-electron chi connectivity index (χ4n) is 3.32. The molecule has 2 aromatic rings. The molecule has 2 unspecified atom stereocenters. The molecule has 0 radical (unpaired) electrons. The van der Waals surface area contributed by atoms with Gasteiger partial charge in [-0.2, -0.15) is 0 Å². The molecule has 0 aliphatic heterocycles. The van der Waals surface area contributed by atoms with Gasteiger partial charge in [0.05, 0.1) is 0 Å². The predicted octanol–water partition coefficient (Wildman–Crippen LogP) is 4.98. The minimum Gasteiger partial charge on any atom is -0.303 e. The van der Waals surface area contributed by atoms with Crippen molar-refractivity contribution < 1.29 is 0 Å².